The molecule has 0 aliphatic rings. The summed E-state index contributed by atoms with van der Waals surface area (Å²) in [5, 5.41) is 8.92. The zero-order valence-electron chi connectivity index (χ0n) is 9.93. The lowest BCUT2D eigenvalue weighted by Crippen LogP contribution is -2.46. The first kappa shape index (κ1) is 14.6. The van der Waals surface area contributed by atoms with Crippen molar-refractivity contribution in [3.8, 4) is 0 Å². The molecule has 18 heavy (non-hydrogen) atoms. The first-order valence-corrected chi connectivity index (χ1v) is 6.72. The molecule has 98 valence electrons. The predicted octanol–water partition coefficient (Wildman–Crippen LogP) is 0.198. The fourth-order valence-electron chi connectivity index (χ4n) is 1.35. The maximum Gasteiger partial charge on any atom is 0.309 e. The second-order valence-corrected chi connectivity index (χ2v) is 5.16. The van der Waals surface area contributed by atoms with Gasteiger partial charge in [-0.05, 0) is 35.7 Å². The van der Waals surface area contributed by atoms with Crippen molar-refractivity contribution >= 4 is 40.4 Å². The third-order valence-corrected chi connectivity index (χ3v) is 3.01. The van der Waals surface area contributed by atoms with Crippen LogP contribution in [0.2, 0.25) is 0 Å². The van der Waals surface area contributed by atoms with Gasteiger partial charge in [0, 0.05) is 6.04 Å². The number of thiocarbonyl (C=S) groups is 1. The van der Waals surface area contributed by atoms with Crippen LogP contribution in [0, 0.1) is 0 Å². The summed E-state index contributed by atoms with van der Waals surface area (Å²) in [6.45, 7) is 1.87. The molecule has 0 fully saturated rings. The van der Waals surface area contributed by atoms with Crippen molar-refractivity contribution < 1.29 is 9.59 Å². The summed E-state index contributed by atoms with van der Waals surface area (Å²) in [6, 6.07) is 1.88. The fraction of sp³-hybridized carbons (Fsp3) is 0.364. The molecule has 0 aromatic carbocycles. The minimum Gasteiger partial charge on any atom is -0.392 e. The van der Waals surface area contributed by atoms with E-state index in [-0.39, 0.29) is 17.6 Å². The van der Waals surface area contributed by atoms with Gasteiger partial charge in [0.25, 0.3) is 0 Å². The van der Waals surface area contributed by atoms with Crippen LogP contribution in [0.15, 0.2) is 16.8 Å². The maximum atomic E-state index is 11.5. The summed E-state index contributed by atoms with van der Waals surface area (Å²) in [5.74, 6) is -1.39. The number of carbonyl (C=O) groups excluding carboxylic acids is 2. The van der Waals surface area contributed by atoms with Crippen LogP contribution < -0.4 is 16.4 Å². The average molecular weight is 285 g/mol. The number of carbonyl (C=O) groups is 2. The lowest BCUT2D eigenvalue weighted by molar-refractivity contribution is -0.139. The minimum absolute atomic E-state index is 0.0283. The Balaban J connectivity index is 2.34. The van der Waals surface area contributed by atoms with E-state index in [1.54, 1.807) is 11.3 Å². The molecule has 0 saturated carbocycles. The molecule has 1 atom stereocenters. The molecule has 1 aromatic heterocycles. The Bertz CT molecular complexity index is 432. The van der Waals surface area contributed by atoms with Crippen LogP contribution in [0.1, 0.15) is 12.5 Å². The smallest absolute Gasteiger partial charge is 0.309 e. The molecule has 2 amide bonds. The van der Waals surface area contributed by atoms with Gasteiger partial charge < -0.3 is 16.4 Å². The molecule has 1 rings (SSSR count). The highest BCUT2D eigenvalue weighted by Gasteiger charge is 2.16. The van der Waals surface area contributed by atoms with Crippen molar-refractivity contribution in [2.75, 3.05) is 6.54 Å². The molecule has 0 aliphatic heterocycles. The van der Waals surface area contributed by atoms with E-state index >= 15 is 0 Å². The molecule has 7 heteroatoms. The molecule has 0 radical (unpaired) electrons. The third-order valence-electron chi connectivity index (χ3n) is 2.13. The highest BCUT2D eigenvalue weighted by molar-refractivity contribution is 7.80. The predicted molar refractivity (Wildman–Crippen MR) is 75.4 cm³/mol. The summed E-state index contributed by atoms with van der Waals surface area (Å²) in [5.41, 5.74) is 6.35. The second-order valence-electron chi connectivity index (χ2n) is 3.86. The number of hydrogen-bond acceptors (Lipinski definition) is 4. The average Bonchev–Trinajstić information content (AvgIpc) is 2.78. The van der Waals surface area contributed by atoms with E-state index in [4.69, 9.17) is 5.73 Å². The van der Waals surface area contributed by atoms with Crippen molar-refractivity contribution in [2.45, 2.75) is 19.4 Å². The van der Waals surface area contributed by atoms with Gasteiger partial charge >= 0.3 is 11.8 Å². The molecule has 0 aliphatic carbocycles. The van der Waals surface area contributed by atoms with Crippen LogP contribution >= 0.6 is 23.6 Å². The number of amides is 2. The van der Waals surface area contributed by atoms with Crippen LogP contribution in [-0.2, 0) is 16.0 Å². The van der Waals surface area contributed by atoms with Gasteiger partial charge in [0.2, 0.25) is 0 Å². The normalized spacial score (nSPS) is 11.6. The lowest BCUT2D eigenvalue weighted by atomic mass is 10.1. The molecule has 0 bridgehead atoms. The molecule has 0 saturated heterocycles. The Labute approximate surface area is 115 Å². The quantitative estimate of drug-likeness (QED) is 0.533. The number of nitrogens with one attached hydrogen (secondary N) is 2. The number of hydrogen-bond donors (Lipinski definition) is 3. The number of thiophene rings is 1. The van der Waals surface area contributed by atoms with Crippen molar-refractivity contribution in [3.63, 3.8) is 0 Å². The first-order valence-electron chi connectivity index (χ1n) is 5.37. The van der Waals surface area contributed by atoms with Crippen LogP contribution in [0.25, 0.3) is 0 Å². The van der Waals surface area contributed by atoms with Crippen LogP contribution in [0.4, 0.5) is 0 Å². The van der Waals surface area contributed by atoms with Crippen molar-refractivity contribution in [2.24, 2.45) is 5.73 Å². The highest BCUT2D eigenvalue weighted by atomic mass is 32.1. The Morgan fingerprint density at radius 1 is 1.50 bits per heavy atom. The lowest BCUT2D eigenvalue weighted by Gasteiger charge is -2.12. The van der Waals surface area contributed by atoms with Crippen molar-refractivity contribution in [1.82, 2.24) is 10.6 Å². The Morgan fingerprint density at radius 2 is 2.22 bits per heavy atom. The summed E-state index contributed by atoms with van der Waals surface area (Å²) in [4.78, 5) is 23.0. The monoisotopic (exact) mass is 285 g/mol. The first-order chi connectivity index (χ1) is 8.49. The largest absolute Gasteiger partial charge is 0.392 e. The van der Waals surface area contributed by atoms with E-state index in [2.05, 4.69) is 22.9 Å². The van der Waals surface area contributed by atoms with Crippen molar-refractivity contribution in [3.05, 3.63) is 22.4 Å². The molecule has 0 spiro atoms. The zero-order chi connectivity index (χ0) is 13.5. The SMILES string of the molecule is CC(Cc1ccsc1)NC(=O)C(=O)NCC(N)=S. The Morgan fingerprint density at radius 3 is 2.78 bits per heavy atom. The van der Waals surface area contributed by atoms with Crippen LogP contribution in [-0.4, -0.2) is 29.4 Å². The van der Waals surface area contributed by atoms with Gasteiger partial charge in [-0.15, -0.1) is 0 Å². The molecule has 5 nitrogen and oxygen atoms in total. The van der Waals surface area contributed by atoms with E-state index < -0.39 is 11.8 Å². The summed E-state index contributed by atoms with van der Waals surface area (Å²) < 4.78 is 0. The van der Waals surface area contributed by atoms with E-state index in [1.807, 2.05) is 23.8 Å². The maximum absolute atomic E-state index is 11.5. The van der Waals surface area contributed by atoms with Gasteiger partial charge in [0.1, 0.15) is 0 Å². The van der Waals surface area contributed by atoms with E-state index in [9.17, 15) is 9.59 Å². The van der Waals surface area contributed by atoms with Gasteiger partial charge in [-0.3, -0.25) is 9.59 Å². The molecular formula is C11H15N3O2S2. The van der Waals surface area contributed by atoms with E-state index in [0.29, 0.717) is 6.42 Å². The zero-order valence-corrected chi connectivity index (χ0v) is 11.6. The van der Waals surface area contributed by atoms with E-state index in [0.717, 1.165) is 5.56 Å². The third kappa shape index (κ3) is 5.24. The topological polar surface area (TPSA) is 84.2 Å². The molecule has 4 N–H and O–H groups in total. The standard InChI is InChI=1S/C11H15N3O2S2/c1-7(4-8-2-3-18-6-8)14-11(16)10(15)13-5-9(12)17/h2-3,6-7H,4-5H2,1H3,(H2,12,17)(H,13,15)(H,14,16). The highest BCUT2D eigenvalue weighted by Crippen LogP contribution is 2.08. The molecular weight excluding hydrogens is 270 g/mol. The van der Waals surface area contributed by atoms with E-state index in [1.165, 1.54) is 0 Å². The van der Waals surface area contributed by atoms with Crippen LogP contribution in [0.3, 0.4) is 0 Å². The van der Waals surface area contributed by atoms with Gasteiger partial charge in [0.05, 0.1) is 11.5 Å². The molecule has 1 aromatic rings. The summed E-state index contributed by atoms with van der Waals surface area (Å²) in [7, 11) is 0. The van der Waals surface area contributed by atoms with Gasteiger partial charge in [-0.1, -0.05) is 12.2 Å². The van der Waals surface area contributed by atoms with Gasteiger partial charge in [0.15, 0.2) is 0 Å². The van der Waals surface area contributed by atoms with Gasteiger partial charge in [-0.25, -0.2) is 0 Å². The molecule has 1 heterocycles. The second kappa shape index (κ2) is 7.07. The minimum atomic E-state index is -0.722. The number of nitrogens with two attached hydrogens (primary N) is 1. The Hall–Kier alpha value is -1.47. The molecule has 1 unspecified atom stereocenters. The fourth-order valence-corrected chi connectivity index (χ4v) is 2.10. The number of rotatable bonds is 5. The van der Waals surface area contributed by atoms with Gasteiger partial charge in [-0.2, -0.15) is 11.3 Å². The Kier molecular flexibility index (Phi) is 5.73. The van der Waals surface area contributed by atoms with Crippen molar-refractivity contribution in [1.29, 1.82) is 0 Å². The summed E-state index contributed by atoms with van der Waals surface area (Å²) >= 11 is 6.20. The van der Waals surface area contributed by atoms with Crippen LogP contribution in [0.5, 0.6) is 0 Å². The summed E-state index contributed by atoms with van der Waals surface area (Å²) in [6.07, 6.45) is 0.692.